The van der Waals surface area contributed by atoms with Crippen molar-refractivity contribution in [2.75, 3.05) is 6.61 Å². The first-order chi connectivity index (χ1) is 9.52. The fraction of sp³-hybridized carbons (Fsp3) is 0.400. The van der Waals surface area contributed by atoms with Gasteiger partial charge in [0.15, 0.2) is 0 Å². The van der Waals surface area contributed by atoms with Crippen molar-refractivity contribution in [3.63, 3.8) is 0 Å². The van der Waals surface area contributed by atoms with E-state index in [4.69, 9.17) is 15.7 Å². The zero-order valence-electron chi connectivity index (χ0n) is 11.6. The number of ether oxygens (including phenoxy) is 1. The maximum Gasteiger partial charge on any atom is 0.128 e. The Hall–Kier alpha value is -2.03. The lowest BCUT2D eigenvalue weighted by atomic mass is 10.0. The maximum atomic E-state index is 9.96. The predicted octanol–water partition coefficient (Wildman–Crippen LogP) is 1.76. The Kier molecular flexibility index (Phi) is 4.28. The highest BCUT2D eigenvalue weighted by atomic mass is 16.5. The normalized spacial score (nSPS) is 14.2. The van der Waals surface area contributed by atoms with Gasteiger partial charge in [-0.25, -0.2) is 0 Å². The number of nitrogens with zero attached hydrogens (tertiary/aromatic N) is 1. The van der Waals surface area contributed by atoms with Crippen molar-refractivity contribution in [3.8, 4) is 11.8 Å². The number of fused-ring (bicyclic) bond motifs is 1. The molecule has 0 amide bonds. The van der Waals surface area contributed by atoms with Crippen LogP contribution in [0.3, 0.4) is 0 Å². The van der Waals surface area contributed by atoms with Gasteiger partial charge in [-0.2, -0.15) is 5.26 Å². The van der Waals surface area contributed by atoms with Crippen molar-refractivity contribution in [2.24, 2.45) is 11.7 Å². The molecular formula is C15H19N3O2. The smallest absolute Gasteiger partial charge is 0.128 e. The number of nitrogens with two attached hydrogens (primary N) is 1. The Morgan fingerprint density at radius 3 is 2.85 bits per heavy atom. The van der Waals surface area contributed by atoms with Gasteiger partial charge < -0.3 is 20.6 Å². The average Bonchev–Trinajstić information content (AvgIpc) is 2.87. The highest BCUT2D eigenvalue weighted by Crippen LogP contribution is 2.26. The third-order valence-electron chi connectivity index (χ3n) is 3.37. The summed E-state index contributed by atoms with van der Waals surface area (Å²) in [6.07, 6.45) is -0.723. The third kappa shape index (κ3) is 2.93. The summed E-state index contributed by atoms with van der Waals surface area (Å²) in [4.78, 5) is 2.99. The van der Waals surface area contributed by atoms with Gasteiger partial charge >= 0.3 is 0 Å². The molecule has 2 unspecified atom stereocenters. The van der Waals surface area contributed by atoms with Crippen LogP contribution < -0.4 is 10.5 Å². The molecule has 0 aliphatic heterocycles. The molecule has 4 N–H and O–H groups in total. The second kappa shape index (κ2) is 5.95. The molecular weight excluding hydrogens is 254 g/mol. The van der Waals surface area contributed by atoms with Crippen LogP contribution in [0.5, 0.6) is 5.75 Å². The number of aromatic amines is 1. The molecule has 0 bridgehead atoms. The van der Waals surface area contributed by atoms with E-state index in [0.29, 0.717) is 11.4 Å². The molecule has 0 aliphatic rings. The number of H-pyrrole nitrogens is 1. The SMILES string of the molecule is CC(C)C(N)C(O)COc1cccc2[nH]c(C#N)cc12. The second-order valence-corrected chi connectivity index (χ2v) is 5.21. The van der Waals surface area contributed by atoms with Crippen molar-refractivity contribution < 1.29 is 9.84 Å². The largest absolute Gasteiger partial charge is 0.490 e. The van der Waals surface area contributed by atoms with Crippen LogP contribution in [0.2, 0.25) is 0 Å². The first kappa shape index (κ1) is 14.4. The van der Waals surface area contributed by atoms with Gasteiger partial charge in [-0.15, -0.1) is 0 Å². The van der Waals surface area contributed by atoms with E-state index in [1.165, 1.54) is 0 Å². The zero-order chi connectivity index (χ0) is 14.7. The van der Waals surface area contributed by atoms with E-state index in [1.807, 2.05) is 32.0 Å². The van der Waals surface area contributed by atoms with Crippen LogP contribution in [0.15, 0.2) is 24.3 Å². The molecule has 0 saturated carbocycles. The van der Waals surface area contributed by atoms with Crippen molar-refractivity contribution in [2.45, 2.75) is 26.0 Å². The molecule has 1 aromatic carbocycles. The van der Waals surface area contributed by atoms with E-state index in [2.05, 4.69) is 11.1 Å². The number of hydrogen-bond acceptors (Lipinski definition) is 4. The Bertz CT molecular complexity index is 628. The van der Waals surface area contributed by atoms with Crippen LogP contribution >= 0.6 is 0 Å². The number of nitriles is 1. The summed E-state index contributed by atoms with van der Waals surface area (Å²) in [6.45, 7) is 4.05. The molecule has 1 aromatic heterocycles. The summed E-state index contributed by atoms with van der Waals surface area (Å²) >= 11 is 0. The summed E-state index contributed by atoms with van der Waals surface area (Å²) < 4.78 is 5.65. The van der Waals surface area contributed by atoms with Gasteiger partial charge in [0, 0.05) is 11.4 Å². The Balaban J connectivity index is 2.14. The first-order valence-corrected chi connectivity index (χ1v) is 6.61. The zero-order valence-corrected chi connectivity index (χ0v) is 11.6. The molecule has 2 rings (SSSR count). The van der Waals surface area contributed by atoms with E-state index in [1.54, 1.807) is 6.07 Å². The number of rotatable bonds is 5. The molecule has 1 heterocycles. The van der Waals surface area contributed by atoms with Crippen LogP contribution in [0.25, 0.3) is 10.9 Å². The molecule has 106 valence electrons. The molecule has 2 atom stereocenters. The molecule has 0 fully saturated rings. The Morgan fingerprint density at radius 2 is 2.20 bits per heavy atom. The van der Waals surface area contributed by atoms with Crippen molar-refractivity contribution in [1.82, 2.24) is 4.98 Å². The number of aromatic nitrogens is 1. The Labute approximate surface area is 118 Å². The molecule has 5 heteroatoms. The molecule has 0 aliphatic carbocycles. The van der Waals surface area contributed by atoms with Gasteiger partial charge in [-0.1, -0.05) is 19.9 Å². The lowest BCUT2D eigenvalue weighted by Crippen LogP contribution is -2.42. The summed E-state index contributed by atoms with van der Waals surface area (Å²) in [5.74, 6) is 0.817. The Morgan fingerprint density at radius 1 is 1.45 bits per heavy atom. The lowest BCUT2D eigenvalue weighted by molar-refractivity contribution is 0.0722. The quantitative estimate of drug-likeness (QED) is 0.773. The van der Waals surface area contributed by atoms with Crippen molar-refractivity contribution >= 4 is 10.9 Å². The lowest BCUT2D eigenvalue weighted by Gasteiger charge is -2.22. The van der Waals surface area contributed by atoms with Crippen LogP contribution in [0, 0.1) is 17.2 Å². The number of benzene rings is 1. The van der Waals surface area contributed by atoms with E-state index in [9.17, 15) is 5.11 Å². The van der Waals surface area contributed by atoms with Gasteiger partial charge in [0.05, 0.1) is 5.52 Å². The van der Waals surface area contributed by atoms with E-state index in [0.717, 1.165) is 10.9 Å². The monoisotopic (exact) mass is 273 g/mol. The fourth-order valence-electron chi connectivity index (χ4n) is 2.04. The summed E-state index contributed by atoms with van der Waals surface area (Å²) in [5.41, 5.74) is 7.20. The number of aliphatic hydroxyl groups excluding tert-OH is 1. The molecule has 0 saturated heterocycles. The van der Waals surface area contributed by atoms with Gasteiger partial charge in [-0.05, 0) is 24.1 Å². The number of aliphatic hydroxyl groups is 1. The van der Waals surface area contributed by atoms with Crippen LogP contribution in [0.1, 0.15) is 19.5 Å². The molecule has 0 radical (unpaired) electrons. The fourth-order valence-corrected chi connectivity index (χ4v) is 2.04. The van der Waals surface area contributed by atoms with Gasteiger partial charge in [0.25, 0.3) is 0 Å². The second-order valence-electron chi connectivity index (χ2n) is 5.21. The predicted molar refractivity (Wildman–Crippen MR) is 77.3 cm³/mol. The van der Waals surface area contributed by atoms with Gasteiger partial charge in [0.2, 0.25) is 0 Å². The number of nitrogens with one attached hydrogen (secondary N) is 1. The minimum Gasteiger partial charge on any atom is -0.490 e. The minimum absolute atomic E-state index is 0.130. The van der Waals surface area contributed by atoms with Gasteiger partial charge in [0.1, 0.15) is 30.2 Å². The third-order valence-corrected chi connectivity index (χ3v) is 3.37. The van der Waals surface area contributed by atoms with Crippen LogP contribution in [0.4, 0.5) is 0 Å². The number of hydrogen-bond donors (Lipinski definition) is 3. The molecule has 5 nitrogen and oxygen atoms in total. The van der Waals surface area contributed by atoms with Crippen molar-refractivity contribution in [3.05, 3.63) is 30.0 Å². The minimum atomic E-state index is -0.723. The van der Waals surface area contributed by atoms with E-state index in [-0.39, 0.29) is 18.6 Å². The van der Waals surface area contributed by atoms with E-state index < -0.39 is 6.10 Å². The van der Waals surface area contributed by atoms with Crippen LogP contribution in [-0.2, 0) is 0 Å². The van der Waals surface area contributed by atoms with Gasteiger partial charge in [-0.3, -0.25) is 0 Å². The average molecular weight is 273 g/mol. The van der Waals surface area contributed by atoms with E-state index >= 15 is 0 Å². The highest BCUT2D eigenvalue weighted by Gasteiger charge is 2.19. The van der Waals surface area contributed by atoms with Crippen molar-refractivity contribution in [1.29, 1.82) is 5.26 Å². The standard InChI is InChI=1S/C15H19N3O2/c1-9(2)15(17)13(19)8-20-14-5-3-4-12-11(14)6-10(7-16)18-12/h3-6,9,13,15,18-19H,8,17H2,1-2H3. The topological polar surface area (TPSA) is 95.1 Å². The van der Waals surface area contributed by atoms with Crippen LogP contribution in [-0.4, -0.2) is 28.8 Å². The summed E-state index contributed by atoms with van der Waals surface area (Å²) in [5, 5.41) is 19.7. The summed E-state index contributed by atoms with van der Waals surface area (Å²) in [6, 6.07) is 8.99. The molecule has 2 aromatic rings. The summed E-state index contributed by atoms with van der Waals surface area (Å²) in [7, 11) is 0. The maximum absolute atomic E-state index is 9.96. The molecule has 20 heavy (non-hydrogen) atoms. The highest BCUT2D eigenvalue weighted by molar-refractivity contribution is 5.87. The first-order valence-electron chi connectivity index (χ1n) is 6.61. The molecule has 0 spiro atoms.